The van der Waals surface area contributed by atoms with Crippen molar-refractivity contribution in [3.8, 4) is 0 Å². The van der Waals surface area contributed by atoms with Gasteiger partial charge >= 0.3 is 0 Å². The lowest BCUT2D eigenvalue weighted by Crippen LogP contribution is -2.34. The number of benzene rings is 1. The normalized spacial score (nSPS) is 20.9. The Bertz CT molecular complexity index is 417. The van der Waals surface area contributed by atoms with Gasteiger partial charge < -0.3 is 4.90 Å². The van der Waals surface area contributed by atoms with Gasteiger partial charge in [-0.15, -0.1) is 0 Å². The largest absolute Gasteiger partial charge is 0.303 e. The Labute approximate surface area is 114 Å². The molecule has 98 valence electrons. The highest BCUT2D eigenvalue weighted by molar-refractivity contribution is 6.67. The van der Waals surface area contributed by atoms with Crippen LogP contribution in [-0.2, 0) is 0 Å². The van der Waals surface area contributed by atoms with Crippen LogP contribution in [0.2, 0.25) is 0 Å². The van der Waals surface area contributed by atoms with E-state index in [0.717, 1.165) is 6.54 Å². The lowest BCUT2D eigenvalue weighted by molar-refractivity contribution is 0.108. The second kappa shape index (κ2) is 6.35. The van der Waals surface area contributed by atoms with Crippen LogP contribution < -0.4 is 0 Å². The Hall–Kier alpha value is -0.860. The molecule has 1 aromatic carbocycles. The van der Waals surface area contributed by atoms with Crippen LogP contribution in [-0.4, -0.2) is 29.8 Å². The molecule has 1 aliphatic rings. The minimum Gasteiger partial charge on any atom is -0.303 e. The Balaban J connectivity index is 2.10. The van der Waals surface area contributed by atoms with Crippen molar-refractivity contribution in [2.75, 3.05) is 19.6 Å². The van der Waals surface area contributed by atoms with E-state index < -0.39 is 0 Å². The fourth-order valence-corrected chi connectivity index (χ4v) is 2.88. The summed E-state index contributed by atoms with van der Waals surface area (Å²) in [5.41, 5.74) is 1.86. The van der Waals surface area contributed by atoms with Gasteiger partial charge in [0.25, 0.3) is 5.24 Å². The van der Waals surface area contributed by atoms with Crippen molar-refractivity contribution in [1.29, 1.82) is 0 Å². The van der Waals surface area contributed by atoms with Gasteiger partial charge in [-0.25, -0.2) is 0 Å². The third-order valence-corrected chi connectivity index (χ3v) is 3.85. The summed E-state index contributed by atoms with van der Waals surface area (Å²) < 4.78 is 0. The molecule has 1 atom stereocenters. The number of piperidine rings is 1. The Morgan fingerprint density at radius 3 is 3.06 bits per heavy atom. The smallest absolute Gasteiger partial charge is 0.252 e. The lowest BCUT2D eigenvalue weighted by atomic mass is 9.90. The zero-order valence-electron chi connectivity index (χ0n) is 10.9. The van der Waals surface area contributed by atoms with E-state index in [0.29, 0.717) is 11.5 Å². The maximum Gasteiger partial charge on any atom is 0.252 e. The van der Waals surface area contributed by atoms with Crippen LogP contribution >= 0.6 is 11.6 Å². The van der Waals surface area contributed by atoms with Gasteiger partial charge in [0, 0.05) is 12.1 Å². The second-order valence-electron chi connectivity index (χ2n) is 5.04. The third kappa shape index (κ3) is 3.33. The van der Waals surface area contributed by atoms with Gasteiger partial charge in [0.1, 0.15) is 0 Å². The number of halogens is 1. The van der Waals surface area contributed by atoms with Crippen LogP contribution in [0.5, 0.6) is 0 Å². The van der Waals surface area contributed by atoms with E-state index >= 15 is 0 Å². The zero-order valence-corrected chi connectivity index (χ0v) is 11.6. The highest BCUT2D eigenvalue weighted by Crippen LogP contribution is 2.27. The van der Waals surface area contributed by atoms with Crippen LogP contribution in [0.1, 0.15) is 48.0 Å². The Kier molecular flexibility index (Phi) is 4.79. The molecule has 0 aromatic heterocycles. The minimum atomic E-state index is -0.363. The Morgan fingerprint density at radius 1 is 1.50 bits per heavy atom. The number of likely N-dealkylation sites (tertiary alicyclic amines) is 1. The second-order valence-corrected chi connectivity index (χ2v) is 5.38. The zero-order chi connectivity index (χ0) is 13.0. The number of nitrogens with zero attached hydrogens (tertiary/aromatic N) is 1. The first-order valence-electron chi connectivity index (χ1n) is 6.73. The maximum absolute atomic E-state index is 11.2. The van der Waals surface area contributed by atoms with Crippen LogP contribution in [0.4, 0.5) is 0 Å². The first-order valence-corrected chi connectivity index (χ1v) is 7.10. The predicted octanol–water partition coefficient (Wildman–Crippen LogP) is 3.66. The molecule has 3 heteroatoms. The van der Waals surface area contributed by atoms with E-state index in [1.807, 2.05) is 12.1 Å². The summed E-state index contributed by atoms with van der Waals surface area (Å²) in [7, 11) is 0. The van der Waals surface area contributed by atoms with Gasteiger partial charge in [-0.05, 0) is 61.5 Å². The topological polar surface area (TPSA) is 20.3 Å². The van der Waals surface area contributed by atoms with Crippen molar-refractivity contribution in [1.82, 2.24) is 4.90 Å². The van der Waals surface area contributed by atoms with E-state index in [1.54, 1.807) is 6.07 Å². The first-order chi connectivity index (χ1) is 8.70. The van der Waals surface area contributed by atoms with Crippen molar-refractivity contribution in [3.63, 3.8) is 0 Å². The van der Waals surface area contributed by atoms with E-state index in [2.05, 4.69) is 17.9 Å². The van der Waals surface area contributed by atoms with Gasteiger partial charge in [0.15, 0.2) is 0 Å². The van der Waals surface area contributed by atoms with Gasteiger partial charge in [0.2, 0.25) is 0 Å². The van der Waals surface area contributed by atoms with Crippen molar-refractivity contribution >= 4 is 16.8 Å². The quantitative estimate of drug-likeness (QED) is 0.775. The van der Waals surface area contributed by atoms with Crippen LogP contribution in [0.15, 0.2) is 24.3 Å². The maximum atomic E-state index is 11.2. The SMILES string of the molecule is CCCN1CCC[C@H](c2cccc(C(=O)Cl)c2)C1. The highest BCUT2D eigenvalue weighted by Gasteiger charge is 2.21. The van der Waals surface area contributed by atoms with Crippen molar-refractivity contribution in [2.45, 2.75) is 32.1 Å². The van der Waals surface area contributed by atoms with E-state index in [4.69, 9.17) is 11.6 Å². The average Bonchev–Trinajstić information content (AvgIpc) is 2.39. The predicted molar refractivity (Wildman–Crippen MR) is 75.3 cm³/mol. The van der Waals surface area contributed by atoms with E-state index in [1.165, 1.54) is 37.9 Å². The fraction of sp³-hybridized carbons (Fsp3) is 0.533. The molecule has 0 spiro atoms. The number of hydrogen-bond acceptors (Lipinski definition) is 2. The monoisotopic (exact) mass is 265 g/mol. The molecule has 1 aromatic rings. The molecule has 0 amide bonds. The van der Waals surface area contributed by atoms with Crippen LogP contribution in [0.3, 0.4) is 0 Å². The molecule has 0 radical (unpaired) electrons. The summed E-state index contributed by atoms with van der Waals surface area (Å²) in [4.78, 5) is 13.7. The minimum absolute atomic E-state index is 0.363. The number of hydrogen-bond donors (Lipinski definition) is 0. The van der Waals surface area contributed by atoms with Gasteiger partial charge in [0.05, 0.1) is 0 Å². The summed E-state index contributed by atoms with van der Waals surface area (Å²) in [6.07, 6.45) is 3.65. The molecule has 18 heavy (non-hydrogen) atoms. The lowest BCUT2D eigenvalue weighted by Gasteiger charge is -2.32. The highest BCUT2D eigenvalue weighted by atomic mass is 35.5. The number of carbonyl (C=O) groups is 1. The molecular formula is C15H20ClNO. The average molecular weight is 266 g/mol. The summed E-state index contributed by atoms with van der Waals surface area (Å²) in [5.74, 6) is 0.543. The fourth-order valence-electron chi connectivity index (χ4n) is 2.76. The van der Waals surface area contributed by atoms with Gasteiger partial charge in [-0.2, -0.15) is 0 Å². The first kappa shape index (κ1) is 13.6. The molecule has 0 bridgehead atoms. The van der Waals surface area contributed by atoms with Crippen molar-refractivity contribution < 1.29 is 4.79 Å². The summed E-state index contributed by atoms with van der Waals surface area (Å²) >= 11 is 5.54. The van der Waals surface area contributed by atoms with Gasteiger partial charge in [-0.1, -0.05) is 25.1 Å². The van der Waals surface area contributed by atoms with Crippen molar-refractivity contribution in [3.05, 3.63) is 35.4 Å². The Morgan fingerprint density at radius 2 is 2.33 bits per heavy atom. The molecule has 1 aliphatic heterocycles. The molecule has 2 rings (SSSR count). The van der Waals surface area contributed by atoms with Crippen molar-refractivity contribution in [2.24, 2.45) is 0 Å². The molecule has 0 N–H and O–H groups in total. The van der Waals surface area contributed by atoms with E-state index in [9.17, 15) is 4.79 Å². The standard InChI is InChI=1S/C15H20ClNO/c1-2-8-17-9-4-7-14(11-17)12-5-3-6-13(10-12)15(16)18/h3,5-6,10,14H,2,4,7-9,11H2,1H3/t14-/m0/s1. The van der Waals surface area contributed by atoms with Crippen LogP contribution in [0.25, 0.3) is 0 Å². The third-order valence-electron chi connectivity index (χ3n) is 3.63. The summed E-state index contributed by atoms with van der Waals surface area (Å²) in [5, 5.41) is -0.363. The molecule has 0 unspecified atom stereocenters. The molecule has 1 saturated heterocycles. The molecular weight excluding hydrogens is 246 g/mol. The number of rotatable bonds is 4. The number of carbonyl (C=O) groups excluding carboxylic acids is 1. The molecule has 0 saturated carbocycles. The van der Waals surface area contributed by atoms with Gasteiger partial charge in [-0.3, -0.25) is 4.79 Å². The van der Waals surface area contributed by atoms with E-state index in [-0.39, 0.29) is 5.24 Å². The molecule has 0 aliphatic carbocycles. The van der Waals surface area contributed by atoms with Crippen LogP contribution in [0, 0.1) is 0 Å². The molecule has 1 heterocycles. The molecule has 1 fully saturated rings. The summed E-state index contributed by atoms with van der Waals surface area (Å²) in [6.45, 7) is 5.70. The molecule has 2 nitrogen and oxygen atoms in total. The summed E-state index contributed by atoms with van der Waals surface area (Å²) in [6, 6.07) is 7.79.